The molecule has 0 aliphatic rings. The number of pyridine rings is 1. The first-order valence-corrected chi connectivity index (χ1v) is 9.06. The van der Waals surface area contributed by atoms with Crippen molar-refractivity contribution >= 4 is 16.7 Å². The number of methoxy groups -OCH3 is 1. The normalized spacial score (nSPS) is 11.5. The minimum atomic E-state index is -4.42. The number of hydrogen-bond acceptors (Lipinski definition) is 5. The second-order valence-electron chi connectivity index (χ2n) is 6.54. The molecule has 0 atom stereocenters. The zero-order valence-corrected chi connectivity index (χ0v) is 16.2. The van der Waals surface area contributed by atoms with E-state index in [2.05, 4.69) is 20.3 Å². The number of aromatic nitrogens is 3. The number of hydrogen-bond donors (Lipinski definition) is 1. The van der Waals surface area contributed by atoms with Gasteiger partial charge in [0.15, 0.2) is 5.82 Å². The van der Waals surface area contributed by atoms with Crippen LogP contribution in [0.25, 0.3) is 33.4 Å². The highest BCUT2D eigenvalue weighted by molar-refractivity contribution is 5.97. The summed E-state index contributed by atoms with van der Waals surface area (Å²) in [6, 6.07) is 12.2. The molecule has 5 nitrogen and oxygen atoms in total. The molecule has 0 unspecified atom stereocenters. The van der Waals surface area contributed by atoms with Gasteiger partial charge in [-0.2, -0.15) is 13.2 Å². The highest BCUT2D eigenvalue weighted by atomic mass is 19.4. The number of fused-ring (bicyclic) bond motifs is 1. The molecule has 8 heteroatoms. The Kier molecular flexibility index (Phi) is 4.99. The van der Waals surface area contributed by atoms with Crippen LogP contribution in [0.2, 0.25) is 0 Å². The maximum absolute atomic E-state index is 13.1. The maximum atomic E-state index is 13.1. The van der Waals surface area contributed by atoms with Crippen molar-refractivity contribution in [3.8, 4) is 28.3 Å². The van der Waals surface area contributed by atoms with Crippen molar-refractivity contribution in [1.82, 2.24) is 15.0 Å². The lowest BCUT2D eigenvalue weighted by molar-refractivity contribution is -0.137. The van der Waals surface area contributed by atoms with Crippen molar-refractivity contribution < 1.29 is 17.9 Å². The van der Waals surface area contributed by atoms with E-state index in [9.17, 15) is 13.2 Å². The molecule has 2 aromatic carbocycles. The van der Waals surface area contributed by atoms with Gasteiger partial charge in [0.05, 0.1) is 12.7 Å². The Morgan fingerprint density at radius 3 is 2.40 bits per heavy atom. The van der Waals surface area contributed by atoms with Crippen molar-refractivity contribution in [3.63, 3.8) is 0 Å². The molecule has 0 aliphatic heterocycles. The second kappa shape index (κ2) is 7.62. The third kappa shape index (κ3) is 3.63. The van der Waals surface area contributed by atoms with Gasteiger partial charge in [0.25, 0.3) is 0 Å². The fourth-order valence-electron chi connectivity index (χ4n) is 3.21. The zero-order chi connectivity index (χ0) is 21.3. The first-order valence-electron chi connectivity index (χ1n) is 9.06. The summed E-state index contributed by atoms with van der Waals surface area (Å²) in [5.41, 5.74) is 1.56. The molecule has 4 rings (SSSR count). The molecule has 2 aromatic heterocycles. The Labute approximate surface area is 170 Å². The third-order valence-corrected chi connectivity index (χ3v) is 4.67. The number of anilines is 1. The molecule has 1 N–H and O–H groups in total. The van der Waals surface area contributed by atoms with Crippen molar-refractivity contribution in [2.24, 2.45) is 0 Å². The fraction of sp³-hybridized carbons (Fsp3) is 0.136. The van der Waals surface area contributed by atoms with Crippen molar-refractivity contribution in [2.75, 3.05) is 19.5 Å². The zero-order valence-electron chi connectivity index (χ0n) is 16.2. The summed E-state index contributed by atoms with van der Waals surface area (Å²) >= 11 is 0. The van der Waals surface area contributed by atoms with Crippen LogP contribution < -0.4 is 10.1 Å². The molecule has 0 radical (unpaired) electrons. The molecular formula is C22H17F3N4O. The average molecular weight is 410 g/mol. The number of alkyl halides is 3. The molecule has 0 aliphatic carbocycles. The Balaban J connectivity index is 1.93. The molecule has 4 aromatic rings. The van der Waals surface area contributed by atoms with Gasteiger partial charge in [-0.1, -0.05) is 12.1 Å². The third-order valence-electron chi connectivity index (χ3n) is 4.67. The van der Waals surface area contributed by atoms with Crippen molar-refractivity contribution in [3.05, 3.63) is 66.5 Å². The van der Waals surface area contributed by atoms with E-state index in [4.69, 9.17) is 4.74 Å². The molecular weight excluding hydrogens is 393 g/mol. The van der Waals surface area contributed by atoms with E-state index in [0.29, 0.717) is 39.4 Å². The highest BCUT2D eigenvalue weighted by Crippen LogP contribution is 2.37. The predicted octanol–water partition coefficient (Wildman–Crippen LogP) is 5.43. The summed E-state index contributed by atoms with van der Waals surface area (Å²) < 4.78 is 45.0. The topological polar surface area (TPSA) is 59.9 Å². The van der Waals surface area contributed by atoms with Crippen LogP contribution >= 0.6 is 0 Å². The van der Waals surface area contributed by atoms with E-state index in [1.165, 1.54) is 13.2 Å². The molecule has 0 amide bonds. The molecule has 0 fully saturated rings. The summed E-state index contributed by atoms with van der Waals surface area (Å²) in [7, 11) is 3.22. The Morgan fingerprint density at radius 1 is 0.933 bits per heavy atom. The Hall–Kier alpha value is -3.68. The van der Waals surface area contributed by atoms with E-state index < -0.39 is 11.7 Å². The summed E-state index contributed by atoms with van der Waals surface area (Å²) in [6.45, 7) is 0. The van der Waals surface area contributed by atoms with Gasteiger partial charge in [-0.15, -0.1) is 0 Å². The van der Waals surface area contributed by atoms with Gasteiger partial charge < -0.3 is 10.1 Å². The van der Waals surface area contributed by atoms with Crippen LogP contribution in [0.15, 0.2) is 60.9 Å². The van der Waals surface area contributed by atoms with E-state index in [1.807, 2.05) is 6.07 Å². The number of benzene rings is 2. The molecule has 30 heavy (non-hydrogen) atoms. The second-order valence-corrected chi connectivity index (χ2v) is 6.54. The summed E-state index contributed by atoms with van der Waals surface area (Å²) in [4.78, 5) is 13.3. The van der Waals surface area contributed by atoms with Gasteiger partial charge in [0.1, 0.15) is 17.1 Å². The van der Waals surface area contributed by atoms with E-state index in [-0.39, 0.29) is 0 Å². The van der Waals surface area contributed by atoms with Gasteiger partial charge in [-0.05, 0) is 47.5 Å². The SMILES string of the molecule is CNc1nc(-c2cccnc2)nc2c(OC)cc(-c3cccc(C(F)(F)F)c3)cc12. The van der Waals surface area contributed by atoms with Gasteiger partial charge in [-0.3, -0.25) is 4.98 Å². The first-order chi connectivity index (χ1) is 14.4. The number of nitrogens with zero attached hydrogens (tertiary/aromatic N) is 3. The van der Waals surface area contributed by atoms with Crippen LogP contribution in [-0.2, 0) is 6.18 Å². The summed E-state index contributed by atoms with van der Waals surface area (Å²) in [5, 5.41) is 3.67. The lowest BCUT2D eigenvalue weighted by Crippen LogP contribution is -2.04. The molecule has 0 spiro atoms. The number of halogens is 3. The lowest BCUT2D eigenvalue weighted by atomic mass is 10.0. The average Bonchev–Trinajstić information content (AvgIpc) is 2.77. The monoisotopic (exact) mass is 410 g/mol. The van der Waals surface area contributed by atoms with E-state index >= 15 is 0 Å². The Morgan fingerprint density at radius 2 is 1.73 bits per heavy atom. The molecule has 0 bridgehead atoms. The van der Waals surface area contributed by atoms with Gasteiger partial charge in [0, 0.05) is 30.4 Å². The van der Waals surface area contributed by atoms with Gasteiger partial charge in [-0.25, -0.2) is 9.97 Å². The maximum Gasteiger partial charge on any atom is 0.416 e. The van der Waals surface area contributed by atoms with Crippen LogP contribution in [0, 0.1) is 0 Å². The summed E-state index contributed by atoms with van der Waals surface area (Å²) in [5.74, 6) is 1.43. The Bertz CT molecular complexity index is 1210. The minimum absolute atomic E-state index is 0.420. The van der Waals surface area contributed by atoms with Crippen LogP contribution in [0.1, 0.15) is 5.56 Å². The van der Waals surface area contributed by atoms with Crippen LogP contribution in [0.5, 0.6) is 5.75 Å². The van der Waals surface area contributed by atoms with Crippen molar-refractivity contribution in [2.45, 2.75) is 6.18 Å². The largest absolute Gasteiger partial charge is 0.494 e. The quantitative estimate of drug-likeness (QED) is 0.486. The number of ether oxygens (including phenoxy) is 1. The fourth-order valence-corrected chi connectivity index (χ4v) is 3.21. The molecule has 152 valence electrons. The lowest BCUT2D eigenvalue weighted by Gasteiger charge is -2.14. The van der Waals surface area contributed by atoms with E-state index in [1.54, 1.807) is 43.7 Å². The van der Waals surface area contributed by atoms with Crippen LogP contribution in [0.4, 0.5) is 19.0 Å². The standard InChI is InChI=1S/C22H17F3N4O/c1-26-21-17-10-15(13-5-3-7-16(9-13)22(23,24)25)11-18(30-2)19(17)28-20(29-21)14-6-4-8-27-12-14/h3-12H,1-2H3,(H,26,28,29). The van der Waals surface area contributed by atoms with E-state index in [0.717, 1.165) is 17.7 Å². The number of nitrogens with one attached hydrogen (secondary N) is 1. The van der Waals surface area contributed by atoms with Gasteiger partial charge in [0.2, 0.25) is 0 Å². The van der Waals surface area contributed by atoms with Gasteiger partial charge >= 0.3 is 6.18 Å². The first kappa shape index (κ1) is 19.6. The molecule has 0 saturated heterocycles. The smallest absolute Gasteiger partial charge is 0.416 e. The van der Waals surface area contributed by atoms with Crippen molar-refractivity contribution in [1.29, 1.82) is 0 Å². The predicted molar refractivity (Wildman–Crippen MR) is 109 cm³/mol. The van der Waals surface area contributed by atoms with Crippen LogP contribution in [-0.4, -0.2) is 29.1 Å². The minimum Gasteiger partial charge on any atom is -0.494 e. The van der Waals surface area contributed by atoms with Crippen LogP contribution in [0.3, 0.4) is 0 Å². The molecule has 0 saturated carbocycles. The summed E-state index contributed by atoms with van der Waals surface area (Å²) in [6.07, 6.45) is -1.11. The number of rotatable bonds is 4. The highest BCUT2D eigenvalue weighted by Gasteiger charge is 2.30. The molecule has 2 heterocycles.